The summed E-state index contributed by atoms with van der Waals surface area (Å²) >= 11 is 0. The zero-order valence-corrected chi connectivity index (χ0v) is 19.3. The Morgan fingerprint density at radius 2 is 1.91 bits per heavy atom. The quantitative estimate of drug-likeness (QED) is 0.426. The van der Waals surface area contributed by atoms with Crippen molar-refractivity contribution >= 4 is 22.8 Å². The van der Waals surface area contributed by atoms with E-state index in [9.17, 15) is 19.5 Å². The van der Waals surface area contributed by atoms with Gasteiger partial charge in [0, 0.05) is 35.5 Å². The minimum Gasteiger partial charge on any atom is -0.458 e. The molecule has 0 fully saturated rings. The first-order valence-electron chi connectivity index (χ1n) is 11.5. The van der Waals surface area contributed by atoms with E-state index in [1.165, 1.54) is 0 Å². The van der Waals surface area contributed by atoms with Crippen LogP contribution in [0.4, 0.5) is 0 Å². The molecule has 10 nitrogen and oxygen atoms in total. The molecule has 2 aromatic heterocycles. The van der Waals surface area contributed by atoms with Crippen LogP contribution in [-0.4, -0.2) is 33.3 Å². The number of cyclic esters (lactones) is 1. The Bertz CT molecular complexity index is 1510. The lowest BCUT2D eigenvalue weighted by atomic mass is 9.86. The first-order valence-corrected chi connectivity index (χ1v) is 11.5. The highest BCUT2D eigenvalue weighted by atomic mass is 16.7. The van der Waals surface area contributed by atoms with Crippen LogP contribution in [0.3, 0.4) is 0 Å². The fraction of sp³-hybridized carbons (Fsp3) is 0.360. The second-order valence-corrected chi connectivity index (χ2v) is 8.87. The second-order valence-electron chi connectivity index (χ2n) is 8.87. The molecule has 0 aliphatic carbocycles. The number of rotatable bonds is 4. The maximum Gasteiger partial charge on any atom is 0.343 e. The maximum atomic E-state index is 13.5. The molecule has 0 bridgehead atoms. The summed E-state index contributed by atoms with van der Waals surface area (Å²) in [5, 5.41) is 14.8. The molecule has 1 atom stereocenters. The number of esters is 1. The van der Waals surface area contributed by atoms with Gasteiger partial charge in [-0.3, -0.25) is 9.59 Å². The number of carbonyl (C=O) groups is 2. The molecule has 0 unspecified atom stereocenters. The maximum absolute atomic E-state index is 13.5. The predicted octanol–water partition coefficient (Wildman–Crippen LogP) is 1.83. The molecule has 2 N–H and O–H groups in total. The van der Waals surface area contributed by atoms with Crippen LogP contribution in [-0.2, 0) is 39.6 Å². The van der Waals surface area contributed by atoms with E-state index < -0.39 is 11.6 Å². The number of benzene rings is 1. The molecule has 3 aliphatic rings. The summed E-state index contributed by atoms with van der Waals surface area (Å²) in [5.41, 5.74) is 1.59. The van der Waals surface area contributed by atoms with E-state index in [1.54, 1.807) is 30.5 Å². The molecule has 0 radical (unpaired) electrons. The minimum absolute atomic E-state index is 0.0670. The highest BCUT2D eigenvalue weighted by Gasteiger charge is 2.45. The topological polar surface area (TPSA) is 129 Å². The van der Waals surface area contributed by atoms with Crippen LogP contribution < -0.4 is 20.3 Å². The number of hydrogen-bond acceptors (Lipinski definition) is 8. The van der Waals surface area contributed by atoms with E-state index >= 15 is 0 Å². The van der Waals surface area contributed by atoms with Crippen molar-refractivity contribution in [1.29, 1.82) is 0 Å². The Morgan fingerprint density at radius 1 is 1.14 bits per heavy atom. The van der Waals surface area contributed by atoms with Crippen molar-refractivity contribution < 1.29 is 28.9 Å². The van der Waals surface area contributed by atoms with Gasteiger partial charge in [0.2, 0.25) is 12.7 Å². The number of nitrogens with zero attached hydrogens (tertiary/aromatic N) is 2. The van der Waals surface area contributed by atoms with Crippen LogP contribution in [0.1, 0.15) is 48.9 Å². The van der Waals surface area contributed by atoms with Crippen LogP contribution >= 0.6 is 0 Å². The van der Waals surface area contributed by atoms with Crippen LogP contribution in [0.15, 0.2) is 23.0 Å². The molecule has 10 heteroatoms. The molecule has 6 rings (SSSR count). The third-order valence-electron chi connectivity index (χ3n) is 7.08. The van der Waals surface area contributed by atoms with Crippen LogP contribution in [0.25, 0.3) is 22.3 Å². The molecule has 180 valence electrons. The van der Waals surface area contributed by atoms with E-state index in [0.717, 1.165) is 16.5 Å². The van der Waals surface area contributed by atoms with Crippen LogP contribution in [0, 0.1) is 0 Å². The molecular formula is C25H23N3O7. The normalized spacial score (nSPS) is 19.2. The van der Waals surface area contributed by atoms with Crippen molar-refractivity contribution in [1.82, 2.24) is 14.9 Å². The number of nitrogens with one attached hydrogen (secondary N) is 1. The highest BCUT2D eigenvalue weighted by molar-refractivity contribution is 5.91. The van der Waals surface area contributed by atoms with Gasteiger partial charge in [-0.05, 0) is 24.1 Å². The summed E-state index contributed by atoms with van der Waals surface area (Å²) in [6, 6.07) is 5.30. The van der Waals surface area contributed by atoms with E-state index in [0.29, 0.717) is 34.8 Å². The van der Waals surface area contributed by atoms with Crippen molar-refractivity contribution in [2.24, 2.45) is 0 Å². The van der Waals surface area contributed by atoms with E-state index in [4.69, 9.17) is 19.2 Å². The highest BCUT2D eigenvalue weighted by Crippen LogP contribution is 2.43. The molecule has 5 heterocycles. The molecule has 0 spiro atoms. The Morgan fingerprint density at radius 3 is 2.66 bits per heavy atom. The van der Waals surface area contributed by atoms with Crippen molar-refractivity contribution in [3.05, 3.63) is 50.8 Å². The van der Waals surface area contributed by atoms with E-state index in [2.05, 4.69) is 5.32 Å². The number of amides is 1. The molecule has 0 saturated carbocycles. The smallest absolute Gasteiger partial charge is 0.343 e. The number of aliphatic hydroxyl groups is 1. The van der Waals surface area contributed by atoms with Crippen molar-refractivity contribution in [3.8, 4) is 22.9 Å². The zero-order valence-electron chi connectivity index (χ0n) is 19.3. The summed E-state index contributed by atoms with van der Waals surface area (Å²) in [5.74, 6) is 0.292. The largest absolute Gasteiger partial charge is 0.458 e. The lowest BCUT2D eigenvalue weighted by Gasteiger charge is -2.31. The molecule has 3 aliphatic heterocycles. The summed E-state index contributed by atoms with van der Waals surface area (Å²) < 4.78 is 17.8. The number of hydrogen-bond donors (Lipinski definition) is 2. The van der Waals surface area contributed by atoms with Crippen LogP contribution in [0.5, 0.6) is 11.5 Å². The molecule has 0 saturated heterocycles. The van der Waals surface area contributed by atoms with Gasteiger partial charge in [-0.2, -0.15) is 0 Å². The number of aromatic nitrogens is 2. The summed E-state index contributed by atoms with van der Waals surface area (Å²) in [7, 11) is 0. The minimum atomic E-state index is -1.90. The molecule has 3 aromatic rings. The number of fused-ring (bicyclic) bond motifs is 6. The molecule has 1 aromatic carbocycles. The predicted molar refractivity (Wildman–Crippen MR) is 123 cm³/mol. The third kappa shape index (κ3) is 2.99. The van der Waals surface area contributed by atoms with Gasteiger partial charge in [0.15, 0.2) is 17.1 Å². The lowest BCUT2D eigenvalue weighted by molar-refractivity contribution is -0.172. The fourth-order valence-electron chi connectivity index (χ4n) is 5.07. The Balaban J connectivity index is 1.60. The molecule has 1 amide bonds. The monoisotopic (exact) mass is 477 g/mol. The van der Waals surface area contributed by atoms with Crippen molar-refractivity contribution in [2.75, 3.05) is 6.79 Å². The number of carbonyl (C=O) groups excluding carboxylic acids is 2. The van der Waals surface area contributed by atoms with Crippen molar-refractivity contribution in [3.63, 3.8) is 0 Å². The van der Waals surface area contributed by atoms with Gasteiger partial charge in [0.25, 0.3) is 5.56 Å². The summed E-state index contributed by atoms with van der Waals surface area (Å²) in [6.45, 7) is 3.85. The van der Waals surface area contributed by atoms with E-state index in [-0.39, 0.29) is 55.5 Å². The fourth-order valence-corrected chi connectivity index (χ4v) is 5.07. The van der Waals surface area contributed by atoms with Gasteiger partial charge in [0.05, 0.1) is 29.0 Å². The van der Waals surface area contributed by atoms with Crippen molar-refractivity contribution in [2.45, 2.75) is 52.0 Å². The number of pyridine rings is 2. The summed E-state index contributed by atoms with van der Waals surface area (Å²) in [6.07, 6.45) is 0.408. The van der Waals surface area contributed by atoms with Gasteiger partial charge in [0.1, 0.15) is 6.61 Å². The van der Waals surface area contributed by atoms with Crippen LogP contribution in [0.2, 0.25) is 0 Å². The van der Waals surface area contributed by atoms with Gasteiger partial charge in [-0.1, -0.05) is 13.8 Å². The average molecular weight is 477 g/mol. The van der Waals surface area contributed by atoms with E-state index in [1.807, 2.05) is 6.07 Å². The first-order chi connectivity index (χ1) is 16.9. The number of ether oxygens (including phenoxy) is 3. The second kappa shape index (κ2) is 7.54. The Hall–Kier alpha value is -3.92. The van der Waals surface area contributed by atoms with Gasteiger partial charge < -0.3 is 29.2 Å². The molecular weight excluding hydrogens is 454 g/mol. The Labute approximate surface area is 199 Å². The lowest BCUT2D eigenvalue weighted by Crippen LogP contribution is -2.44. The summed E-state index contributed by atoms with van der Waals surface area (Å²) in [4.78, 5) is 42.9. The zero-order chi connectivity index (χ0) is 24.5. The third-order valence-corrected chi connectivity index (χ3v) is 7.08. The SMILES string of the molecule is CCC(=O)NCc1c2c(nc3cc4c(cc13)OCO4)-c1cc3c(c(=O)n1C2)COC(=O)[C@]3(O)CC. The van der Waals surface area contributed by atoms with Gasteiger partial charge in [-0.15, -0.1) is 0 Å². The Kier molecular flexibility index (Phi) is 4.65. The van der Waals surface area contributed by atoms with Gasteiger partial charge >= 0.3 is 5.97 Å². The standard InChI is InChI=1S/C25H23N3O7/c1-3-21(29)26-8-13-12-5-19-20(35-11-34-19)7-17(12)27-22-14(13)9-28-18(22)6-16-15(23(28)30)10-33-24(31)25(16,32)4-2/h5-7,32H,3-4,8-11H2,1-2H3,(H,26,29)/t25-/m0/s1. The average Bonchev–Trinajstić information content (AvgIpc) is 3.47. The molecule has 35 heavy (non-hydrogen) atoms. The van der Waals surface area contributed by atoms with Gasteiger partial charge in [-0.25, -0.2) is 9.78 Å². The first kappa shape index (κ1) is 21.6.